The van der Waals surface area contributed by atoms with Gasteiger partial charge >= 0.3 is 0 Å². The number of hydrogen-bond donors (Lipinski definition) is 2. The SMILES string of the molecule is CCCc1[nH]n(-c2ccc(OC)cc2)c(=O)c1C(C)=NCCc1ccc(O)cc1. The largest absolute Gasteiger partial charge is 0.508 e. The van der Waals surface area contributed by atoms with Gasteiger partial charge in [0.25, 0.3) is 5.56 Å². The predicted octanol–water partition coefficient (Wildman–Crippen LogP) is 3.88. The van der Waals surface area contributed by atoms with Gasteiger partial charge in [0.05, 0.1) is 18.4 Å². The number of methoxy groups -OCH3 is 1. The Morgan fingerprint density at radius 2 is 1.79 bits per heavy atom. The zero-order valence-electron chi connectivity index (χ0n) is 17.1. The number of aromatic hydroxyl groups is 1. The number of nitrogens with one attached hydrogen (secondary N) is 1. The molecule has 0 amide bonds. The Labute approximate surface area is 170 Å². The third-order valence-corrected chi connectivity index (χ3v) is 4.84. The van der Waals surface area contributed by atoms with Gasteiger partial charge in [-0.25, -0.2) is 4.68 Å². The van der Waals surface area contributed by atoms with Gasteiger partial charge in [0, 0.05) is 18.0 Å². The molecule has 1 aromatic heterocycles. The number of hydrogen-bond acceptors (Lipinski definition) is 4. The summed E-state index contributed by atoms with van der Waals surface area (Å²) in [6.45, 7) is 4.55. The van der Waals surface area contributed by atoms with Crippen molar-refractivity contribution in [2.45, 2.75) is 33.1 Å². The van der Waals surface area contributed by atoms with Crippen LogP contribution in [0.3, 0.4) is 0 Å². The summed E-state index contributed by atoms with van der Waals surface area (Å²) >= 11 is 0. The second-order valence-electron chi connectivity index (χ2n) is 6.94. The van der Waals surface area contributed by atoms with Crippen molar-refractivity contribution in [3.63, 3.8) is 0 Å². The Kier molecular flexibility index (Phi) is 6.54. The van der Waals surface area contributed by atoms with Gasteiger partial charge < -0.3 is 9.84 Å². The summed E-state index contributed by atoms with van der Waals surface area (Å²) in [6.07, 6.45) is 2.45. The first-order chi connectivity index (χ1) is 14.0. The van der Waals surface area contributed by atoms with Crippen LogP contribution < -0.4 is 10.3 Å². The molecule has 0 fully saturated rings. The van der Waals surface area contributed by atoms with Gasteiger partial charge in [-0.3, -0.25) is 14.9 Å². The van der Waals surface area contributed by atoms with Crippen molar-refractivity contribution in [2.24, 2.45) is 4.99 Å². The lowest BCUT2D eigenvalue weighted by Gasteiger charge is -2.03. The number of aromatic amines is 1. The van der Waals surface area contributed by atoms with Gasteiger partial charge in [-0.2, -0.15) is 0 Å². The van der Waals surface area contributed by atoms with Crippen LogP contribution in [0.1, 0.15) is 37.1 Å². The van der Waals surface area contributed by atoms with Crippen LogP contribution in [-0.4, -0.2) is 34.3 Å². The van der Waals surface area contributed by atoms with Crippen molar-refractivity contribution in [1.82, 2.24) is 9.78 Å². The summed E-state index contributed by atoms with van der Waals surface area (Å²) in [7, 11) is 1.62. The minimum absolute atomic E-state index is 0.0931. The second kappa shape index (κ2) is 9.28. The van der Waals surface area contributed by atoms with Crippen LogP contribution in [0.25, 0.3) is 5.69 Å². The molecule has 0 radical (unpaired) electrons. The molecule has 0 aliphatic rings. The average Bonchev–Trinajstić information content (AvgIpc) is 3.05. The van der Waals surface area contributed by atoms with Gasteiger partial charge in [-0.05, 0) is 61.7 Å². The van der Waals surface area contributed by atoms with E-state index in [1.807, 2.05) is 43.3 Å². The highest BCUT2D eigenvalue weighted by atomic mass is 16.5. The quantitative estimate of drug-likeness (QED) is 0.570. The van der Waals surface area contributed by atoms with Crippen LogP contribution in [0.15, 0.2) is 58.3 Å². The first kappa shape index (κ1) is 20.5. The molecule has 0 bridgehead atoms. The van der Waals surface area contributed by atoms with Crippen LogP contribution in [0.4, 0.5) is 0 Å². The number of phenols is 1. The Balaban J connectivity index is 1.86. The molecule has 0 saturated carbocycles. The van der Waals surface area contributed by atoms with E-state index in [1.165, 1.54) is 0 Å². The Morgan fingerprint density at radius 1 is 1.10 bits per heavy atom. The average molecular weight is 393 g/mol. The maximum atomic E-state index is 13.1. The first-order valence-electron chi connectivity index (χ1n) is 9.81. The molecule has 0 aliphatic carbocycles. The van der Waals surface area contributed by atoms with Crippen LogP contribution in [0, 0.1) is 0 Å². The molecule has 0 spiro atoms. The maximum absolute atomic E-state index is 13.1. The Morgan fingerprint density at radius 3 is 2.41 bits per heavy atom. The topological polar surface area (TPSA) is 79.6 Å². The minimum atomic E-state index is -0.0931. The second-order valence-corrected chi connectivity index (χ2v) is 6.94. The van der Waals surface area contributed by atoms with Crippen LogP contribution in [0.2, 0.25) is 0 Å². The standard InChI is InChI=1S/C23H27N3O3/c1-4-5-21-22(16(2)24-15-14-17-6-10-19(27)11-7-17)23(28)26(25-21)18-8-12-20(29-3)13-9-18/h6-13,25,27H,4-5,14-15H2,1-3H3. The van der Waals surface area contributed by atoms with E-state index in [9.17, 15) is 9.90 Å². The monoisotopic (exact) mass is 393 g/mol. The van der Waals surface area contributed by atoms with Crippen molar-refractivity contribution >= 4 is 5.71 Å². The van der Waals surface area contributed by atoms with Crippen molar-refractivity contribution in [3.05, 3.63) is 75.7 Å². The molecule has 3 rings (SSSR count). The summed E-state index contributed by atoms with van der Waals surface area (Å²) < 4.78 is 6.77. The molecule has 6 nitrogen and oxygen atoms in total. The molecule has 2 N–H and O–H groups in total. The lowest BCUT2D eigenvalue weighted by Crippen LogP contribution is -2.20. The summed E-state index contributed by atoms with van der Waals surface area (Å²) in [5.74, 6) is 0.998. The number of aryl methyl sites for hydroxylation is 1. The van der Waals surface area contributed by atoms with Crippen molar-refractivity contribution in [2.75, 3.05) is 13.7 Å². The summed E-state index contributed by atoms with van der Waals surface area (Å²) in [4.78, 5) is 17.8. The van der Waals surface area contributed by atoms with E-state index in [2.05, 4.69) is 17.0 Å². The van der Waals surface area contributed by atoms with E-state index in [0.717, 1.165) is 47.7 Å². The Bertz CT molecular complexity index is 1030. The maximum Gasteiger partial charge on any atom is 0.280 e. The van der Waals surface area contributed by atoms with Gasteiger partial charge in [0.15, 0.2) is 0 Å². The summed E-state index contributed by atoms with van der Waals surface area (Å²) in [5.41, 5.74) is 4.05. The summed E-state index contributed by atoms with van der Waals surface area (Å²) in [6, 6.07) is 14.5. The number of ether oxygens (including phenoxy) is 1. The normalized spacial score (nSPS) is 11.6. The lowest BCUT2D eigenvalue weighted by atomic mass is 10.1. The van der Waals surface area contributed by atoms with E-state index in [4.69, 9.17) is 4.74 Å². The van der Waals surface area contributed by atoms with Gasteiger partial charge in [-0.15, -0.1) is 0 Å². The first-order valence-corrected chi connectivity index (χ1v) is 9.81. The summed E-state index contributed by atoms with van der Waals surface area (Å²) in [5, 5.41) is 12.6. The fourth-order valence-corrected chi connectivity index (χ4v) is 3.29. The number of phenolic OH excluding ortho intramolecular Hbond substituents is 1. The van der Waals surface area contributed by atoms with Crippen molar-refractivity contribution in [1.29, 1.82) is 0 Å². The number of benzene rings is 2. The number of aromatic nitrogens is 2. The number of H-pyrrole nitrogens is 1. The zero-order chi connectivity index (χ0) is 20.8. The molecule has 2 aromatic carbocycles. The Hall–Kier alpha value is -3.28. The predicted molar refractivity (Wildman–Crippen MR) is 116 cm³/mol. The zero-order valence-corrected chi connectivity index (χ0v) is 17.1. The molecule has 0 aliphatic heterocycles. The van der Waals surface area contributed by atoms with Gasteiger partial charge in [0.2, 0.25) is 0 Å². The third kappa shape index (κ3) is 4.77. The van der Waals surface area contributed by atoms with E-state index < -0.39 is 0 Å². The number of rotatable bonds is 8. The molecular weight excluding hydrogens is 366 g/mol. The molecular formula is C23H27N3O3. The smallest absolute Gasteiger partial charge is 0.280 e. The molecule has 152 valence electrons. The van der Waals surface area contributed by atoms with E-state index in [0.29, 0.717) is 12.1 Å². The van der Waals surface area contributed by atoms with E-state index in [1.54, 1.807) is 23.9 Å². The van der Waals surface area contributed by atoms with Gasteiger partial charge in [-0.1, -0.05) is 25.5 Å². The highest BCUT2D eigenvalue weighted by Crippen LogP contribution is 2.16. The fourth-order valence-electron chi connectivity index (χ4n) is 3.29. The van der Waals surface area contributed by atoms with Crippen molar-refractivity contribution < 1.29 is 9.84 Å². The van der Waals surface area contributed by atoms with Crippen molar-refractivity contribution in [3.8, 4) is 17.2 Å². The lowest BCUT2D eigenvalue weighted by molar-refractivity contribution is 0.414. The van der Waals surface area contributed by atoms with Crippen LogP contribution >= 0.6 is 0 Å². The molecule has 0 saturated heterocycles. The van der Waals surface area contributed by atoms with Crippen LogP contribution in [-0.2, 0) is 12.8 Å². The molecule has 29 heavy (non-hydrogen) atoms. The third-order valence-electron chi connectivity index (χ3n) is 4.84. The van der Waals surface area contributed by atoms with E-state index in [-0.39, 0.29) is 11.3 Å². The molecule has 3 aromatic rings. The molecule has 6 heteroatoms. The number of aliphatic imine (C=N–C) groups is 1. The molecule has 0 atom stereocenters. The van der Waals surface area contributed by atoms with E-state index >= 15 is 0 Å². The highest BCUT2D eigenvalue weighted by Gasteiger charge is 2.17. The molecule has 0 unspecified atom stereocenters. The minimum Gasteiger partial charge on any atom is -0.508 e. The molecule has 1 heterocycles. The fraction of sp³-hybridized carbons (Fsp3) is 0.304. The van der Waals surface area contributed by atoms with Gasteiger partial charge in [0.1, 0.15) is 11.5 Å². The number of nitrogens with zero attached hydrogens (tertiary/aromatic N) is 2. The van der Waals surface area contributed by atoms with Crippen LogP contribution in [0.5, 0.6) is 11.5 Å². The highest BCUT2D eigenvalue weighted by molar-refractivity contribution is 5.99.